The van der Waals surface area contributed by atoms with E-state index in [0.29, 0.717) is 0 Å². The number of ether oxygens (including phenoxy) is 1. The molecule has 11 heteroatoms. The highest BCUT2D eigenvalue weighted by atomic mass is 79.9. The number of likely N-dealkylation sites (tertiary alicyclic amines) is 1. The SMILES string of the molecule is O=C(CN1C(=O)[C@H]2[C@@H]3C[C@@H]([C@H](Br)[C@@H]3Br)[C@@H]2C1=O)OCC(=O)c1cccc([N+](=O)[O-])c1. The summed E-state index contributed by atoms with van der Waals surface area (Å²) in [6.07, 6.45) is 0.786. The molecule has 2 amide bonds. The molecule has 1 heterocycles. The molecule has 0 aromatic heterocycles. The lowest BCUT2D eigenvalue weighted by Crippen LogP contribution is -2.38. The van der Waals surface area contributed by atoms with Crippen LogP contribution in [0.1, 0.15) is 16.8 Å². The Morgan fingerprint density at radius 2 is 1.73 bits per heavy atom. The number of carbonyl (C=O) groups is 4. The van der Waals surface area contributed by atoms with E-state index in [1.165, 1.54) is 18.2 Å². The molecule has 30 heavy (non-hydrogen) atoms. The average molecular weight is 544 g/mol. The molecule has 4 rings (SSSR count). The number of nitro benzene ring substituents is 1. The third-order valence-corrected chi connectivity index (χ3v) is 9.32. The van der Waals surface area contributed by atoms with Crippen LogP contribution in [-0.4, -0.2) is 56.2 Å². The van der Waals surface area contributed by atoms with Crippen LogP contribution in [-0.2, 0) is 19.1 Å². The number of Topliss-reactive ketones (excluding diaryl/α,β-unsaturated/α-hetero) is 1. The Hall–Kier alpha value is -2.14. The number of carbonyl (C=O) groups excluding carboxylic acids is 4. The zero-order chi connectivity index (χ0) is 21.7. The number of non-ortho nitro benzene ring substituents is 1. The van der Waals surface area contributed by atoms with Crippen LogP contribution in [0.3, 0.4) is 0 Å². The Bertz CT molecular complexity index is 936. The van der Waals surface area contributed by atoms with Crippen LogP contribution in [0, 0.1) is 33.8 Å². The van der Waals surface area contributed by atoms with Crippen molar-refractivity contribution in [3.8, 4) is 0 Å². The second kappa shape index (κ2) is 7.84. The molecule has 3 aliphatic rings. The predicted octanol–water partition coefficient (Wildman–Crippen LogP) is 2.10. The van der Waals surface area contributed by atoms with E-state index >= 15 is 0 Å². The first-order valence-corrected chi connectivity index (χ1v) is 11.1. The number of ketones is 1. The molecule has 9 nitrogen and oxygen atoms in total. The highest BCUT2D eigenvalue weighted by molar-refractivity contribution is 9.12. The number of benzene rings is 1. The van der Waals surface area contributed by atoms with Gasteiger partial charge in [0.05, 0.1) is 16.8 Å². The summed E-state index contributed by atoms with van der Waals surface area (Å²) in [4.78, 5) is 61.2. The number of fused-ring (bicyclic) bond motifs is 5. The summed E-state index contributed by atoms with van der Waals surface area (Å²) in [5.74, 6) is -3.03. The maximum atomic E-state index is 12.8. The van der Waals surface area contributed by atoms with E-state index < -0.39 is 41.7 Å². The van der Waals surface area contributed by atoms with Gasteiger partial charge >= 0.3 is 5.97 Å². The van der Waals surface area contributed by atoms with Gasteiger partial charge in [0.25, 0.3) is 5.69 Å². The number of halogens is 2. The topological polar surface area (TPSA) is 124 Å². The molecule has 0 spiro atoms. The second-order valence-corrected chi connectivity index (χ2v) is 9.77. The van der Waals surface area contributed by atoms with Crippen molar-refractivity contribution in [2.24, 2.45) is 23.7 Å². The summed E-state index contributed by atoms with van der Waals surface area (Å²) in [6, 6.07) is 5.07. The summed E-state index contributed by atoms with van der Waals surface area (Å²) in [5, 5.41) is 10.8. The van der Waals surface area contributed by atoms with Crippen molar-refractivity contribution in [1.82, 2.24) is 4.90 Å². The van der Waals surface area contributed by atoms with Crippen LogP contribution in [0.5, 0.6) is 0 Å². The van der Waals surface area contributed by atoms with Crippen molar-refractivity contribution in [3.05, 3.63) is 39.9 Å². The van der Waals surface area contributed by atoms with Gasteiger partial charge in [0.2, 0.25) is 17.6 Å². The van der Waals surface area contributed by atoms with Crippen molar-refractivity contribution in [2.45, 2.75) is 16.1 Å². The van der Waals surface area contributed by atoms with Crippen molar-refractivity contribution in [3.63, 3.8) is 0 Å². The van der Waals surface area contributed by atoms with Crippen LogP contribution >= 0.6 is 31.9 Å². The first-order chi connectivity index (χ1) is 14.2. The Kier molecular flexibility index (Phi) is 5.52. The van der Waals surface area contributed by atoms with E-state index in [1.807, 2.05) is 0 Å². The third-order valence-electron chi connectivity index (χ3n) is 6.11. The van der Waals surface area contributed by atoms with E-state index in [1.54, 1.807) is 0 Å². The lowest BCUT2D eigenvalue weighted by molar-refractivity contribution is -0.384. The van der Waals surface area contributed by atoms with Gasteiger partial charge in [0.15, 0.2) is 6.61 Å². The summed E-state index contributed by atoms with van der Waals surface area (Å²) < 4.78 is 4.93. The summed E-state index contributed by atoms with van der Waals surface area (Å²) in [6.45, 7) is -1.19. The van der Waals surface area contributed by atoms with Crippen LogP contribution < -0.4 is 0 Å². The number of amides is 2. The number of rotatable bonds is 6. The summed E-state index contributed by atoms with van der Waals surface area (Å²) in [7, 11) is 0. The standard InChI is InChI=1S/C19H16Br2N2O7/c20-16-10-5-11(17(16)21)15-14(10)18(26)22(19(15)27)6-13(25)30-7-12(24)8-2-1-3-9(4-8)23(28)29/h1-4,10-11,14-17H,5-7H2/t10-,11+,14-,15-,16+,17-/m0/s1. The summed E-state index contributed by atoms with van der Waals surface area (Å²) in [5.41, 5.74) is -0.222. The molecule has 0 radical (unpaired) electrons. The molecule has 3 fully saturated rings. The number of hydrogen-bond acceptors (Lipinski definition) is 7. The maximum Gasteiger partial charge on any atom is 0.326 e. The number of alkyl halides is 2. The minimum Gasteiger partial charge on any atom is -0.456 e. The van der Waals surface area contributed by atoms with Gasteiger partial charge < -0.3 is 4.74 Å². The van der Waals surface area contributed by atoms with Crippen molar-refractivity contribution >= 4 is 61.1 Å². The second-order valence-electron chi connectivity index (χ2n) is 7.66. The molecule has 2 saturated carbocycles. The Morgan fingerprint density at radius 3 is 2.30 bits per heavy atom. The van der Waals surface area contributed by atoms with E-state index in [-0.39, 0.29) is 44.6 Å². The molecule has 1 aromatic rings. The van der Waals surface area contributed by atoms with Gasteiger partial charge in [-0.05, 0) is 18.3 Å². The first-order valence-electron chi connectivity index (χ1n) is 9.27. The van der Waals surface area contributed by atoms with Gasteiger partial charge in [-0.15, -0.1) is 0 Å². The predicted molar refractivity (Wildman–Crippen MR) is 109 cm³/mol. The third kappa shape index (κ3) is 3.37. The number of hydrogen-bond donors (Lipinski definition) is 0. The van der Waals surface area contributed by atoms with Gasteiger partial charge in [-0.1, -0.05) is 44.0 Å². The molecule has 1 aromatic carbocycles. The molecular formula is C19H16Br2N2O7. The normalized spacial score (nSPS) is 31.7. The van der Waals surface area contributed by atoms with Crippen LogP contribution in [0.2, 0.25) is 0 Å². The maximum absolute atomic E-state index is 12.8. The molecule has 0 unspecified atom stereocenters. The largest absolute Gasteiger partial charge is 0.456 e. The average Bonchev–Trinajstić information content (AvgIpc) is 3.33. The van der Waals surface area contributed by atoms with Crippen LogP contribution in [0.15, 0.2) is 24.3 Å². The van der Waals surface area contributed by atoms with Gasteiger partial charge in [-0.3, -0.25) is 34.2 Å². The van der Waals surface area contributed by atoms with Gasteiger partial charge in [-0.25, -0.2) is 0 Å². The minimum atomic E-state index is -0.881. The lowest BCUT2D eigenvalue weighted by Gasteiger charge is -2.28. The van der Waals surface area contributed by atoms with E-state index in [9.17, 15) is 29.3 Å². The highest BCUT2D eigenvalue weighted by Gasteiger charge is 2.66. The van der Waals surface area contributed by atoms with Crippen molar-refractivity contribution < 1.29 is 28.8 Å². The van der Waals surface area contributed by atoms with Crippen LogP contribution in [0.25, 0.3) is 0 Å². The van der Waals surface area contributed by atoms with E-state index in [4.69, 9.17) is 4.74 Å². The van der Waals surface area contributed by atoms with E-state index in [0.717, 1.165) is 17.4 Å². The lowest BCUT2D eigenvalue weighted by atomic mass is 9.81. The molecule has 6 atom stereocenters. The molecule has 2 aliphatic carbocycles. The first kappa shape index (κ1) is 21.1. The molecule has 0 N–H and O–H groups in total. The molecule has 1 saturated heterocycles. The fourth-order valence-corrected chi connectivity index (χ4v) is 6.64. The Balaban J connectivity index is 1.36. The van der Waals surface area contributed by atoms with Gasteiger partial charge in [0.1, 0.15) is 6.54 Å². The number of esters is 1. The molecule has 158 valence electrons. The zero-order valence-electron chi connectivity index (χ0n) is 15.4. The number of nitrogens with zero attached hydrogens (tertiary/aromatic N) is 2. The highest BCUT2D eigenvalue weighted by Crippen LogP contribution is 2.60. The van der Waals surface area contributed by atoms with E-state index in [2.05, 4.69) is 31.9 Å². The van der Waals surface area contributed by atoms with Gasteiger partial charge in [0, 0.05) is 27.4 Å². The zero-order valence-corrected chi connectivity index (χ0v) is 18.6. The summed E-state index contributed by atoms with van der Waals surface area (Å²) >= 11 is 7.18. The van der Waals surface area contributed by atoms with Crippen molar-refractivity contribution in [1.29, 1.82) is 0 Å². The quantitative estimate of drug-likeness (QED) is 0.134. The Morgan fingerprint density at radius 1 is 1.13 bits per heavy atom. The molecule has 1 aliphatic heterocycles. The molecular weight excluding hydrogens is 528 g/mol. The fourth-order valence-electron chi connectivity index (χ4n) is 4.76. The number of nitro groups is 1. The smallest absolute Gasteiger partial charge is 0.326 e. The minimum absolute atomic E-state index is 0.0307. The monoisotopic (exact) mass is 542 g/mol. The Labute approximate surface area is 187 Å². The van der Waals surface area contributed by atoms with Gasteiger partial charge in [-0.2, -0.15) is 0 Å². The number of imide groups is 1. The molecule has 2 bridgehead atoms. The van der Waals surface area contributed by atoms with Crippen molar-refractivity contribution in [2.75, 3.05) is 13.2 Å². The van der Waals surface area contributed by atoms with Crippen LogP contribution in [0.4, 0.5) is 5.69 Å². The fraction of sp³-hybridized carbons (Fsp3) is 0.474.